The fraction of sp³-hybridized carbons (Fsp3) is 1.00. The molecule has 0 amide bonds. The molecule has 0 spiro atoms. The summed E-state index contributed by atoms with van der Waals surface area (Å²) < 4.78 is 0. The van der Waals surface area contributed by atoms with E-state index in [9.17, 15) is 0 Å². The first-order valence-electron chi connectivity index (χ1n) is 5.42. The maximum Gasteiger partial charge on any atom is 0.0215 e. The van der Waals surface area contributed by atoms with Crippen LogP contribution in [-0.2, 0) is 0 Å². The molecule has 2 aliphatic rings. The van der Waals surface area contributed by atoms with Crippen LogP contribution >= 0.6 is 0 Å². The van der Waals surface area contributed by atoms with Gasteiger partial charge in [0.15, 0.2) is 0 Å². The molecule has 2 saturated carbocycles. The predicted molar refractivity (Wildman–Crippen MR) is 51.8 cm³/mol. The average Bonchev–Trinajstić information content (AvgIpc) is 2.34. The van der Waals surface area contributed by atoms with Crippen LogP contribution in [0.1, 0.15) is 46.0 Å². The summed E-state index contributed by atoms with van der Waals surface area (Å²) >= 11 is 0. The molecule has 0 aromatic carbocycles. The van der Waals surface area contributed by atoms with Crippen LogP contribution < -0.4 is 5.73 Å². The van der Waals surface area contributed by atoms with E-state index in [1.165, 1.54) is 32.1 Å². The number of rotatable bonds is 3. The minimum Gasteiger partial charge on any atom is -0.325 e. The molecule has 0 aromatic heterocycles. The first-order valence-corrected chi connectivity index (χ1v) is 5.42. The van der Waals surface area contributed by atoms with Crippen molar-refractivity contribution in [3.8, 4) is 0 Å². The summed E-state index contributed by atoms with van der Waals surface area (Å²) in [5.41, 5.74) is 6.64. The van der Waals surface area contributed by atoms with Crippen LogP contribution in [0.4, 0.5) is 0 Å². The van der Waals surface area contributed by atoms with E-state index in [-0.39, 0.29) is 0 Å². The second-order valence-electron chi connectivity index (χ2n) is 5.27. The van der Waals surface area contributed by atoms with Crippen LogP contribution in [0.25, 0.3) is 0 Å². The van der Waals surface area contributed by atoms with Gasteiger partial charge in [0.05, 0.1) is 0 Å². The van der Waals surface area contributed by atoms with Crippen molar-refractivity contribution in [1.29, 1.82) is 0 Å². The highest BCUT2D eigenvalue weighted by molar-refractivity contribution is 5.13. The third-order valence-corrected chi connectivity index (χ3v) is 3.82. The number of hydrogen-bond acceptors (Lipinski definition) is 1. The smallest absolute Gasteiger partial charge is 0.0215 e. The lowest BCUT2D eigenvalue weighted by molar-refractivity contribution is 0.228. The molecule has 2 rings (SSSR count). The van der Waals surface area contributed by atoms with Crippen LogP contribution in [-0.4, -0.2) is 5.54 Å². The van der Waals surface area contributed by atoms with Crippen LogP contribution in [0.5, 0.6) is 0 Å². The Morgan fingerprint density at radius 2 is 2.08 bits per heavy atom. The van der Waals surface area contributed by atoms with Crippen molar-refractivity contribution in [3.05, 3.63) is 0 Å². The Kier molecular flexibility index (Phi) is 1.95. The number of hydrogen-bond donors (Lipinski definition) is 1. The van der Waals surface area contributed by atoms with Gasteiger partial charge in [0.25, 0.3) is 0 Å². The highest BCUT2D eigenvalue weighted by atomic mass is 14.9. The maximum atomic E-state index is 6.34. The molecule has 1 nitrogen and oxygen atoms in total. The Morgan fingerprint density at radius 1 is 1.42 bits per heavy atom. The molecule has 2 N–H and O–H groups in total. The van der Waals surface area contributed by atoms with Crippen molar-refractivity contribution in [2.75, 3.05) is 0 Å². The van der Waals surface area contributed by atoms with Gasteiger partial charge in [0.1, 0.15) is 0 Å². The van der Waals surface area contributed by atoms with Gasteiger partial charge < -0.3 is 5.73 Å². The fourth-order valence-corrected chi connectivity index (χ4v) is 2.69. The Morgan fingerprint density at radius 3 is 2.50 bits per heavy atom. The maximum absolute atomic E-state index is 6.34. The topological polar surface area (TPSA) is 26.0 Å². The van der Waals surface area contributed by atoms with Gasteiger partial charge in [0, 0.05) is 5.54 Å². The molecule has 2 fully saturated rings. The monoisotopic (exact) mass is 167 g/mol. The van der Waals surface area contributed by atoms with Crippen molar-refractivity contribution >= 4 is 0 Å². The summed E-state index contributed by atoms with van der Waals surface area (Å²) in [7, 11) is 0. The molecule has 0 bridgehead atoms. The normalized spacial score (nSPS) is 41.5. The molecule has 0 saturated heterocycles. The lowest BCUT2D eigenvalue weighted by Crippen LogP contribution is -2.39. The fourth-order valence-electron chi connectivity index (χ4n) is 2.69. The lowest BCUT2D eigenvalue weighted by Gasteiger charge is -2.32. The van der Waals surface area contributed by atoms with E-state index in [1.807, 2.05) is 0 Å². The van der Waals surface area contributed by atoms with Crippen molar-refractivity contribution < 1.29 is 0 Å². The van der Waals surface area contributed by atoms with E-state index < -0.39 is 0 Å². The summed E-state index contributed by atoms with van der Waals surface area (Å²) in [5, 5.41) is 0. The van der Waals surface area contributed by atoms with E-state index in [0.29, 0.717) is 5.54 Å². The minimum absolute atomic E-state index is 0.294. The van der Waals surface area contributed by atoms with Gasteiger partial charge in [0.2, 0.25) is 0 Å². The number of nitrogens with two attached hydrogens (primary N) is 1. The largest absolute Gasteiger partial charge is 0.325 e. The average molecular weight is 167 g/mol. The van der Waals surface area contributed by atoms with Gasteiger partial charge in [-0.2, -0.15) is 0 Å². The molecule has 70 valence electrons. The standard InChI is InChI=1S/C11H21N/c1-8(2)6-10-7-11(10,12)9-4-3-5-9/h8-10H,3-7,12H2,1-2H3. The molecule has 0 aromatic rings. The Hall–Kier alpha value is -0.0400. The van der Waals surface area contributed by atoms with Gasteiger partial charge in [-0.15, -0.1) is 0 Å². The predicted octanol–water partition coefficient (Wildman–Crippen LogP) is 2.55. The van der Waals surface area contributed by atoms with Crippen LogP contribution in [0, 0.1) is 17.8 Å². The van der Waals surface area contributed by atoms with Crippen molar-refractivity contribution in [2.45, 2.75) is 51.5 Å². The molecule has 1 heteroatoms. The van der Waals surface area contributed by atoms with E-state index in [0.717, 1.165) is 17.8 Å². The Labute approximate surface area is 75.7 Å². The molecular formula is C11H21N. The third-order valence-electron chi connectivity index (χ3n) is 3.82. The zero-order valence-corrected chi connectivity index (χ0v) is 8.34. The van der Waals surface area contributed by atoms with Gasteiger partial charge >= 0.3 is 0 Å². The highest BCUT2D eigenvalue weighted by Gasteiger charge is 2.56. The van der Waals surface area contributed by atoms with E-state index in [1.54, 1.807) is 0 Å². The zero-order valence-electron chi connectivity index (χ0n) is 8.34. The molecule has 2 unspecified atom stereocenters. The van der Waals surface area contributed by atoms with Crippen molar-refractivity contribution in [2.24, 2.45) is 23.5 Å². The first kappa shape index (κ1) is 8.55. The molecule has 0 aliphatic heterocycles. The summed E-state index contributed by atoms with van der Waals surface area (Å²) in [6.07, 6.45) is 6.91. The van der Waals surface area contributed by atoms with E-state index in [4.69, 9.17) is 5.73 Å². The Balaban J connectivity index is 1.83. The molecular weight excluding hydrogens is 146 g/mol. The van der Waals surface area contributed by atoms with E-state index in [2.05, 4.69) is 13.8 Å². The first-order chi connectivity index (χ1) is 5.63. The quantitative estimate of drug-likeness (QED) is 0.687. The molecule has 2 aliphatic carbocycles. The molecule has 2 atom stereocenters. The second kappa shape index (κ2) is 2.73. The second-order valence-corrected chi connectivity index (χ2v) is 5.27. The van der Waals surface area contributed by atoms with Gasteiger partial charge in [-0.1, -0.05) is 20.3 Å². The SMILES string of the molecule is CC(C)CC1CC1(N)C1CCC1. The minimum atomic E-state index is 0.294. The highest BCUT2D eigenvalue weighted by Crippen LogP contribution is 2.55. The van der Waals surface area contributed by atoms with Crippen LogP contribution in [0.3, 0.4) is 0 Å². The Bertz CT molecular complexity index is 172. The summed E-state index contributed by atoms with van der Waals surface area (Å²) in [6, 6.07) is 0. The molecule has 0 heterocycles. The van der Waals surface area contributed by atoms with Gasteiger partial charge in [-0.25, -0.2) is 0 Å². The van der Waals surface area contributed by atoms with Crippen molar-refractivity contribution in [1.82, 2.24) is 0 Å². The summed E-state index contributed by atoms with van der Waals surface area (Å²) in [6.45, 7) is 4.61. The third kappa shape index (κ3) is 1.28. The van der Waals surface area contributed by atoms with Crippen LogP contribution in [0.2, 0.25) is 0 Å². The van der Waals surface area contributed by atoms with Crippen molar-refractivity contribution in [3.63, 3.8) is 0 Å². The van der Waals surface area contributed by atoms with Gasteiger partial charge in [-0.3, -0.25) is 0 Å². The molecule has 12 heavy (non-hydrogen) atoms. The summed E-state index contributed by atoms with van der Waals surface area (Å²) in [4.78, 5) is 0. The zero-order chi connectivity index (χ0) is 8.77. The van der Waals surface area contributed by atoms with Crippen LogP contribution in [0.15, 0.2) is 0 Å². The summed E-state index contributed by atoms with van der Waals surface area (Å²) in [5.74, 6) is 2.59. The van der Waals surface area contributed by atoms with E-state index >= 15 is 0 Å². The van der Waals surface area contributed by atoms with Gasteiger partial charge in [-0.05, 0) is 43.4 Å². The lowest BCUT2D eigenvalue weighted by atomic mass is 9.77. The molecule has 0 radical (unpaired) electrons.